The summed E-state index contributed by atoms with van der Waals surface area (Å²) in [5, 5.41) is 14.8. The first kappa shape index (κ1) is 18.5. The molecule has 1 atom stereocenters. The Labute approximate surface area is 156 Å². The Morgan fingerprint density at radius 2 is 1.88 bits per heavy atom. The second-order valence-corrected chi connectivity index (χ2v) is 8.38. The summed E-state index contributed by atoms with van der Waals surface area (Å²) in [6.45, 7) is 1.96. The molecule has 7 nitrogen and oxygen atoms in total. The lowest BCUT2D eigenvalue weighted by Gasteiger charge is -2.15. The van der Waals surface area contributed by atoms with Crippen molar-refractivity contribution in [1.82, 2.24) is 0 Å². The van der Waals surface area contributed by atoms with Gasteiger partial charge in [0.15, 0.2) is 0 Å². The lowest BCUT2D eigenvalue weighted by Crippen LogP contribution is -2.19. The topological polar surface area (TPSA) is 101 Å². The lowest BCUT2D eigenvalue weighted by molar-refractivity contribution is -0.384. The van der Waals surface area contributed by atoms with Crippen LogP contribution in [0.25, 0.3) is 0 Å². The summed E-state index contributed by atoms with van der Waals surface area (Å²) in [7, 11) is -4.01. The predicted molar refractivity (Wildman–Crippen MR) is 101 cm³/mol. The van der Waals surface area contributed by atoms with Crippen LogP contribution < -0.4 is 10.0 Å². The fourth-order valence-electron chi connectivity index (χ4n) is 2.66. The number of nitrogens with zero attached hydrogens (tertiary/aromatic N) is 1. The number of sulfonamides is 1. The number of hydrogen-bond acceptors (Lipinski definition) is 5. The number of nitro groups is 1. The Morgan fingerprint density at radius 1 is 1.19 bits per heavy atom. The van der Waals surface area contributed by atoms with Crippen molar-refractivity contribution in [3.8, 4) is 0 Å². The van der Waals surface area contributed by atoms with Crippen molar-refractivity contribution in [3.05, 3.63) is 57.6 Å². The van der Waals surface area contributed by atoms with Crippen molar-refractivity contribution in [2.24, 2.45) is 5.92 Å². The molecule has 2 aromatic carbocycles. The third-order valence-electron chi connectivity index (χ3n) is 4.31. The van der Waals surface area contributed by atoms with Crippen LogP contribution in [0.1, 0.15) is 19.8 Å². The van der Waals surface area contributed by atoms with E-state index in [0.29, 0.717) is 11.6 Å². The van der Waals surface area contributed by atoms with E-state index in [2.05, 4.69) is 10.0 Å². The van der Waals surface area contributed by atoms with Crippen molar-refractivity contribution < 1.29 is 13.3 Å². The summed E-state index contributed by atoms with van der Waals surface area (Å²) in [6, 6.07) is 10.3. The average Bonchev–Trinajstić information content (AvgIpc) is 3.42. The van der Waals surface area contributed by atoms with E-state index in [1.54, 1.807) is 18.2 Å². The first-order valence-electron chi connectivity index (χ1n) is 8.10. The van der Waals surface area contributed by atoms with Crippen LogP contribution in [0.2, 0.25) is 5.02 Å². The van der Waals surface area contributed by atoms with E-state index in [-0.39, 0.29) is 27.3 Å². The van der Waals surface area contributed by atoms with Crippen LogP contribution in [-0.4, -0.2) is 19.4 Å². The van der Waals surface area contributed by atoms with Gasteiger partial charge in [0.25, 0.3) is 15.7 Å². The summed E-state index contributed by atoms with van der Waals surface area (Å²) in [5.41, 5.74) is 0.243. The van der Waals surface area contributed by atoms with Crippen LogP contribution in [0.3, 0.4) is 0 Å². The molecule has 26 heavy (non-hydrogen) atoms. The zero-order chi connectivity index (χ0) is 18.9. The van der Waals surface area contributed by atoms with E-state index in [1.165, 1.54) is 18.2 Å². The van der Waals surface area contributed by atoms with Gasteiger partial charge < -0.3 is 5.32 Å². The van der Waals surface area contributed by atoms with Gasteiger partial charge in [-0.15, -0.1) is 0 Å². The highest BCUT2D eigenvalue weighted by molar-refractivity contribution is 7.92. The van der Waals surface area contributed by atoms with Gasteiger partial charge in [0.05, 0.1) is 20.5 Å². The van der Waals surface area contributed by atoms with Crippen LogP contribution >= 0.6 is 11.6 Å². The third-order valence-corrected chi connectivity index (χ3v) is 6.00. The number of rotatable bonds is 7. The molecule has 0 unspecified atom stereocenters. The molecule has 2 aromatic rings. The maximum Gasteiger partial charge on any atom is 0.293 e. The van der Waals surface area contributed by atoms with Crippen LogP contribution in [0.4, 0.5) is 17.1 Å². The fourth-order valence-corrected chi connectivity index (χ4v) is 4.00. The molecule has 1 fully saturated rings. The Balaban J connectivity index is 1.90. The van der Waals surface area contributed by atoms with Crippen molar-refractivity contribution in [2.75, 3.05) is 10.0 Å². The maximum atomic E-state index is 12.6. The maximum absolute atomic E-state index is 12.6. The summed E-state index contributed by atoms with van der Waals surface area (Å²) >= 11 is 5.97. The Morgan fingerprint density at radius 3 is 2.50 bits per heavy atom. The molecule has 0 radical (unpaired) electrons. The second-order valence-electron chi connectivity index (χ2n) is 6.29. The number of halogens is 1. The predicted octanol–water partition coefficient (Wildman–Crippen LogP) is 4.26. The van der Waals surface area contributed by atoms with Crippen molar-refractivity contribution in [3.63, 3.8) is 0 Å². The highest BCUT2D eigenvalue weighted by Gasteiger charge is 2.30. The molecule has 0 saturated heterocycles. The standard InChI is InChI=1S/C17H18ClN3O4S/c1-11(12-6-7-12)19-16-9-8-13(10-17(16)21(22)23)26(24,25)20-15-5-3-2-4-14(15)18/h2-5,8-12,19-20H,6-7H2,1H3/t11-/m0/s1. The average molecular weight is 396 g/mol. The van der Waals surface area contributed by atoms with Gasteiger partial charge in [0.2, 0.25) is 0 Å². The second kappa shape index (κ2) is 7.13. The molecule has 2 N–H and O–H groups in total. The van der Waals surface area contributed by atoms with Crippen molar-refractivity contribution in [2.45, 2.75) is 30.7 Å². The van der Waals surface area contributed by atoms with Gasteiger partial charge in [-0.25, -0.2) is 8.42 Å². The minimum absolute atomic E-state index is 0.0948. The number of nitro benzene ring substituents is 1. The van der Waals surface area contributed by atoms with Crippen LogP contribution in [0, 0.1) is 16.0 Å². The van der Waals surface area contributed by atoms with Crippen LogP contribution in [0.15, 0.2) is 47.4 Å². The van der Waals surface area contributed by atoms with Crippen LogP contribution in [0.5, 0.6) is 0 Å². The Kier molecular flexibility index (Phi) is 5.06. The van der Waals surface area contributed by atoms with E-state index < -0.39 is 14.9 Å². The molecule has 1 saturated carbocycles. The quantitative estimate of drug-likeness (QED) is 0.538. The van der Waals surface area contributed by atoms with Gasteiger partial charge in [-0.3, -0.25) is 14.8 Å². The third kappa shape index (κ3) is 4.08. The highest BCUT2D eigenvalue weighted by atomic mass is 35.5. The molecule has 1 aliphatic rings. The normalized spacial score (nSPS) is 15.3. The van der Waals surface area contributed by atoms with E-state index in [9.17, 15) is 18.5 Å². The molecule has 9 heteroatoms. The van der Waals surface area contributed by atoms with Gasteiger partial charge in [-0.2, -0.15) is 0 Å². The zero-order valence-electron chi connectivity index (χ0n) is 14.0. The van der Waals surface area contributed by atoms with Gasteiger partial charge in [0.1, 0.15) is 5.69 Å². The largest absolute Gasteiger partial charge is 0.377 e. The first-order valence-corrected chi connectivity index (χ1v) is 9.96. The minimum atomic E-state index is -4.01. The smallest absolute Gasteiger partial charge is 0.293 e. The van der Waals surface area contributed by atoms with Gasteiger partial charge in [-0.1, -0.05) is 23.7 Å². The number of benzene rings is 2. The summed E-state index contributed by atoms with van der Waals surface area (Å²) < 4.78 is 27.5. The SMILES string of the molecule is C[C@H](Nc1ccc(S(=O)(=O)Nc2ccccc2Cl)cc1[N+](=O)[O-])C1CC1. The number of para-hydroxylation sites is 1. The van der Waals surface area contributed by atoms with Gasteiger partial charge >= 0.3 is 0 Å². The molecule has 138 valence electrons. The number of hydrogen-bond donors (Lipinski definition) is 2. The number of nitrogens with one attached hydrogen (secondary N) is 2. The van der Waals surface area contributed by atoms with E-state index in [1.807, 2.05) is 6.92 Å². The highest BCUT2D eigenvalue weighted by Crippen LogP contribution is 2.36. The first-order chi connectivity index (χ1) is 12.3. The molecule has 0 spiro atoms. The van der Waals surface area contributed by atoms with E-state index in [0.717, 1.165) is 18.9 Å². The molecular formula is C17H18ClN3O4S. The van der Waals surface area contributed by atoms with E-state index in [4.69, 9.17) is 11.6 Å². The number of anilines is 2. The van der Waals surface area contributed by atoms with Crippen LogP contribution in [-0.2, 0) is 10.0 Å². The minimum Gasteiger partial charge on any atom is -0.377 e. The summed E-state index contributed by atoms with van der Waals surface area (Å²) in [4.78, 5) is 10.6. The monoisotopic (exact) mass is 395 g/mol. The fraction of sp³-hybridized carbons (Fsp3) is 0.294. The summed E-state index contributed by atoms with van der Waals surface area (Å²) in [5.74, 6) is 0.500. The van der Waals surface area contributed by atoms with Gasteiger partial charge in [-0.05, 0) is 49.9 Å². The summed E-state index contributed by atoms with van der Waals surface area (Å²) in [6.07, 6.45) is 2.19. The Hall–Kier alpha value is -2.32. The van der Waals surface area contributed by atoms with Crippen molar-refractivity contribution >= 4 is 38.7 Å². The molecule has 3 rings (SSSR count). The zero-order valence-corrected chi connectivity index (χ0v) is 15.5. The molecule has 1 aliphatic carbocycles. The molecule has 0 heterocycles. The molecular weight excluding hydrogens is 378 g/mol. The lowest BCUT2D eigenvalue weighted by atomic mass is 10.2. The molecule has 0 amide bonds. The Bertz CT molecular complexity index is 945. The molecule has 0 aromatic heterocycles. The molecule has 0 aliphatic heterocycles. The van der Waals surface area contributed by atoms with Crippen molar-refractivity contribution in [1.29, 1.82) is 0 Å². The van der Waals surface area contributed by atoms with Gasteiger partial charge in [0, 0.05) is 12.1 Å². The molecule has 0 bridgehead atoms. The van der Waals surface area contributed by atoms with E-state index >= 15 is 0 Å².